The number of ketones is 1. The normalized spacial score (nSPS) is 32.7. The summed E-state index contributed by atoms with van der Waals surface area (Å²) < 4.78 is 0. The van der Waals surface area contributed by atoms with Gasteiger partial charge in [-0.1, -0.05) is 34.1 Å². The first-order valence-corrected chi connectivity index (χ1v) is 14.5. The molecule has 0 spiro atoms. The molecule has 208 valence electrons. The van der Waals surface area contributed by atoms with E-state index >= 15 is 0 Å². The van der Waals surface area contributed by atoms with Crippen LogP contribution < -0.4 is 5.32 Å². The lowest BCUT2D eigenvalue weighted by molar-refractivity contribution is -0.132. The summed E-state index contributed by atoms with van der Waals surface area (Å²) in [4.78, 5) is 59.2. The predicted molar refractivity (Wildman–Crippen MR) is 144 cm³/mol. The Morgan fingerprint density at radius 2 is 1.55 bits per heavy atom. The number of likely N-dealkylation sites (tertiary alicyclic amines) is 3. The van der Waals surface area contributed by atoms with E-state index in [2.05, 4.69) is 49.7 Å². The molecule has 0 aromatic carbocycles. The Balaban J connectivity index is 1.23. The third-order valence-electron chi connectivity index (χ3n) is 9.30. The van der Waals surface area contributed by atoms with Gasteiger partial charge in [0.05, 0.1) is 36.6 Å². The molecule has 5 aliphatic heterocycles. The number of hydrogen-bond donors (Lipinski definition) is 1. The van der Waals surface area contributed by atoms with Gasteiger partial charge in [0, 0.05) is 49.7 Å². The fraction of sp³-hybridized carbons (Fsp3) is 0.724. The largest absolute Gasteiger partial charge is 0.371 e. The minimum atomic E-state index is -0.319. The number of carbonyl (C=O) groups is 4. The van der Waals surface area contributed by atoms with Gasteiger partial charge in [0.25, 0.3) is 0 Å². The van der Waals surface area contributed by atoms with Gasteiger partial charge in [-0.3, -0.25) is 19.2 Å². The average molecular weight is 526 g/mol. The number of carbonyl (C=O) groups excluding carboxylic acids is 4. The summed E-state index contributed by atoms with van der Waals surface area (Å²) in [5, 5.41) is 3.09. The SMILES string of the molecule is CC[C@H](C)C1C(=O)CC(=O)N1[C@H]1CCN(C2=CC(=O)N([C@H]3CCN(C4=CC(=O)N[C@H]4CC(C)C)C3)[C@H]2C)C1. The number of Topliss-reactive ketones (excluding diaryl/α,β-unsaturated/α-hetero) is 1. The maximum absolute atomic E-state index is 13.3. The van der Waals surface area contributed by atoms with Crippen LogP contribution in [0.4, 0.5) is 0 Å². The number of nitrogens with one attached hydrogen (secondary N) is 1. The smallest absolute Gasteiger partial charge is 0.249 e. The zero-order chi connectivity index (χ0) is 27.3. The molecule has 38 heavy (non-hydrogen) atoms. The molecule has 0 aromatic heterocycles. The Hall–Kier alpha value is -2.84. The second-order valence-electron chi connectivity index (χ2n) is 12.3. The molecule has 1 N–H and O–H groups in total. The van der Waals surface area contributed by atoms with Crippen LogP contribution in [0.3, 0.4) is 0 Å². The van der Waals surface area contributed by atoms with Gasteiger partial charge in [0.1, 0.15) is 0 Å². The zero-order valence-electron chi connectivity index (χ0n) is 23.5. The molecule has 0 radical (unpaired) electrons. The van der Waals surface area contributed by atoms with Gasteiger partial charge in [-0.25, -0.2) is 0 Å². The van der Waals surface area contributed by atoms with Crippen molar-refractivity contribution >= 4 is 23.5 Å². The summed E-state index contributed by atoms with van der Waals surface area (Å²) >= 11 is 0. The Morgan fingerprint density at radius 1 is 0.921 bits per heavy atom. The van der Waals surface area contributed by atoms with E-state index < -0.39 is 0 Å². The van der Waals surface area contributed by atoms with Crippen LogP contribution in [0.15, 0.2) is 23.5 Å². The van der Waals surface area contributed by atoms with Crippen LogP contribution >= 0.6 is 0 Å². The van der Waals surface area contributed by atoms with E-state index in [1.165, 1.54) is 0 Å². The van der Waals surface area contributed by atoms with Crippen molar-refractivity contribution in [3.63, 3.8) is 0 Å². The Kier molecular flexibility index (Phi) is 7.31. The first kappa shape index (κ1) is 26.8. The number of amides is 3. The lowest BCUT2D eigenvalue weighted by atomic mass is 9.95. The average Bonchev–Trinajstić information content (AvgIpc) is 3.65. The summed E-state index contributed by atoms with van der Waals surface area (Å²) in [5.41, 5.74) is 2.07. The first-order valence-electron chi connectivity index (χ1n) is 14.5. The molecule has 3 fully saturated rings. The molecular weight excluding hydrogens is 482 g/mol. The molecule has 9 nitrogen and oxygen atoms in total. The van der Waals surface area contributed by atoms with E-state index in [1.807, 2.05) is 9.80 Å². The standard InChI is InChI=1S/C29H43N5O4/c1-6-18(4)29-25(35)14-28(38)34(29)21-8-9-31(16-21)23-13-27(37)33(19(23)5)20-7-10-32(15-20)24-12-26(36)30-22(24)11-17(2)3/h12-13,17-22,29H,6-11,14-16H2,1-5H3,(H,30,36)/t18-,19-,20-,21-,22-,29?/m0/s1. The summed E-state index contributed by atoms with van der Waals surface area (Å²) in [7, 11) is 0. The van der Waals surface area contributed by atoms with E-state index in [9.17, 15) is 19.2 Å². The Morgan fingerprint density at radius 3 is 2.18 bits per heavy atom. The number of rotatable bonds is 8. The Labute approximate surface area is 226 Å². The van der Waals surface area contributed by atoms with Gasteiger partial charge in [-0.05, 0) is 38.0 Å². The van der Waals surface area contributed by atoms with Crippen LogP contribution in [-0.2, 0) is 19.2 Å². The van der Waals surface area contributed by atoms with E-state index in [-0.39, 0.29) is 66.1 Å². The van der Waals surface area contributed by atoms with E-state index in [0.717, 1.165) is 56.7 Å². The van der Waals surface area contributed by atoms with Crippen LogP contribution in [0.2, 0.25) is 0 Å². The molecule has 5 rings (SSSR count). The minimum Gasteiger partial charge on any atom is -0.371 e. The van der Waals surface area contributed by atoms with E-state index in [4.69, 9.17) is 0 Å². The highest BCUT2D eigenvalue weighted by Crippen LogP contribution is 2.35. The quantitative estimate of drug-likeness (QED) is 0.487. The monoisotopic (exact) mass is 525 g/mol. The van der Waals surface area contributed by atoms with Crippen LogP contribution in [0.25, 0.3) is 0 Å². The van der Waals surface area contributed by atoms with Gasteiger partial charge in [-0.15, -0.1) is 0 Å². The molecule has 3 saturated heterocycles. The van der Waals surface area contributed by atoms with Crippen molar-refractivity contribution in [3.05, 3.63) is 23.5 Å². The van der Waals surface area contributed by atoms with E-state index in [1.54, 1.807) is 12.2 Å². The zero-order valence-corrected chi connectivity index (χ0v) is 23.5. The second kappa shape index (κ2) is 10.4. The summed E-state index contributed by atoms with van der Waals surface area (Å²) in [6, 6.07) is -0.224. The molecule has 1 unspecified atom stereocenters. The van der Waals surface area contributed by atoms with Gasteiger partial charge >= 0.3 is 0 Å². The molecule has 6 atom stereocenters. The molecule has 5 heterocycles. The predicted octanol–water partition coefficient (Wildman–Crippen LogP) is 1.89. The highest BCUT2D eigenvalue weighted by molar-refractivity contribution is 6.07. The highest BCUT2D eigenvalue weighted by atomic mass is 16.2. The maximum Gasteiger partial charge on any atom is 0.249 e. The molecule has 3 amide bonds. The first-order chi connectivity index (χ1) is 18.1. The third kappa shape index (κ3) is 4.73. The van der Waals surface area contributed by atoms with Crippen molar-refractivity contribution in [2.75, 3.05) is 26.2 Å². The summed E-state index contributed by atoms with van der Waals surface area (Å²) in [6.45, 7) is 13.6. The number of nitrogens with zero attached hydrogens (tertiary/aromatic N) is 4. The van der Waals surface area contributed by atoms with Gasteiger partial charge in [-0.2, -0.15) is 0 Å². The molecule has 0 saturated carbocycles. The molecule has 5 aliphatic rings. The second-order valence-corrected chi connectivity index (χ2v) is 12.3. The van der Waals surface area contributed by atoms with Crippen LogP contribution in [0.1, 0.15) is 66.7 Å². The fourth-order valence-corrected chi connectivity index (χ4v) is 7.30. The third-order valence-corrected chi connectivity index (χ3v) is 9.30. The van der Waals surface area contributed by atoms with Crippen molar-refractivity contribution in [2.24, 2.45) is 11.8 Å². The van der Waals surface area contributed by atoms with Gasteiger partial charge in [0.2, 0.25) is 17.7 Å². The highest BCUT2D eigenvalue weighted by Gasteiger charge is 2.48. The maximum atomic E-state index is 13.3. The van der Waals surface area contributed by atoms with Crippen LogP contribution in [0, 0.1) is 11.8 Å². The molecule has 0 aromatic rings. The molecular formula is C29H43N5O4. The van der Waals surface area contributed by atoms with Gasteiger partial charge < -0.3 is 24.9 Å². The van der Waals surface area contributed by atoms with Crippen molar-refractivity contribution < 1.29 is 19.2 Å². The van der Waals surface area contributed by atoms with Crippen LogP contribution in [-0.4, -0.2) is 99.5 Å². The van der Waals surface area contributed by atoms with Crippen LogP contribution in [0.5, 0.6) is 0 Å². The minimum absolute atomic E-state index is 0.00408. The van der Waals surface area contributed by atoms with Crippen molar-refractivity contribution in [2.45, 2.75) is 96.9 Å². The summed E-state index contributed by atoms with van der Waals surface area (Å²) in [6.07, 6.45) is 6.98. The van der Waals surface area contributed by atoms with Crippen molar-refractivity contribution in [1.82, 2.24) is 24.9 Å². The fourth-order valence-electron chi connectivity index (χ4n) is 7.30. The van der Waals surface area contributed by atoms with E-state index in [0.29, 0.717) is 12.5 Å². The lowest BCUT2D eigenvalue weighted by Gasteiger charge is -2.35. The van der Waals surface area contributed by atoms with Gasteiger partial charge in [0.15, 0.2) is 5.78 Å². The summed E-state index contributed by atoms with van der Waals surface area (Å²) in [5.74, 6) is 0.645. The lowest BCUT2D eigenvalue weighted by Crippen LogP contribution is -2.48. The van der Waals surface area contributed by atoms with Crippen molar-refractivity contribution in [1.29, 1.82) is 0 Å². The Bertz CT molecular complexity index is 1070. The topological polar surface area (TPSA) is 93.3 Å². The number of hydrogen-bond acceptors (Lipinski definition) is 6. The molecule has 9 heteroatoms. The molecule has 0 aliphatic carbocycles. The van der Waals surface area contributed by atoms with Crippen molar-refractivity contribution in [3.8, 4) is 0 Å². The molecule has 0 bridgehead atoms.